The highest BCUT2D eigenvalue weighted by molar-refractivity contribution is 6.02. The van der Waals surface area contributed by atoms with Gasteiger partial charge in [-0.1, -0.05) is 30.3 Å². The summed E-state index contributed by atoms with van der Waals surface area (Å²) < 4.78 is 5.08. The third kappa shape index (κ3) is 3.72. The summed E-state index contributed by atoms with van der Waals surface area (Å²) in [5.41, 5.74) is 2.82. The smallest absolute Gasteiger partial charge is 0.248 e. The van der Waals surface area contributed by atoms with Gasteiger partial charge in [0.05, 0.1) is 7.11 Å². The Balaban J connectivity index is 2.00. The van der Waals surface area contributed by atoms with E-state index in [1.54, 1.807) is 13.2 Å². The number of hydrogen-bond acceptors (Lipinski definition) is 2. The maximum atomic E-state index is 11.8. The van der Waals surface area contributed by atoms with Crippen LogP contribution in [0.15, 0.2) is 54.6 Å². The van der Waals surface area contributed by atoms with E-state index in [1.165, 1.54) is 6.08 Å². The maximum absolute atomic E-state index is 11.8. The molecule has 0 radical (unpaired) electrons. The molecule has 0 spiro atoms. The first kappa shape index (κ1) is 13.9. The van der Waals surface area contributed by atoms with Gasteiger partial charge in [-0.25, -0.2) is 0 Å². The van der Waals surface area contributed by atoms with Crippen LogP contribution in [-0.2, 0) is 4.79 Å². The quantitative estimate of drug-likeness (QED) is 0.859. The second-order valence-corrected chi connectivity index (χ2v) is 4.41. The fraction of sp³-hybridized carbons (Fsp3) is 0.118. The molecule has 0 atom stereocenters. The second kappa shape index (κ2) is 6.57. The highest BCUT2D eigenvalue weighted by Gasteiger charge is 2.00. The zero-order valence-corrected chi connectivity index (χ0v) is 11.6. The highest BCUT2D eigenvalue weighted by Crippen LogP contribution is 2.14. The van der Waals surface area contributed by atoms with Gasteiger partial charge in [0, 0.05) is 11.8 Å². The molecule has 2 aromatic carbocycles. The molecule has 1 amide bonds. The average Bonchev–Trinajstić information content (AvgIpc) is 2.48. The Hall–Kier alpha value is -2.55. The molecule has 3 heteroatoms. The number of ether oxygens (including phenoxy) is 1. The van der Waals surface area contributed by atoms with Gasteiger partial charge in [0.2, 0.25) is 5.91 Å². The number of aryl methyl sites for hydroxylation is 1. The first-order chi connectivity index (χ1) is 9.69. The van der Waals surface area contributed by atoms with Crippen LogP contribution in [-0.4, -0.2) is 13.0 Å². The van der Waals surface area contributed by atoms with Crippen molar-refractivity contribution >= 4 is 17.7 Å². The maximum Gasteiger partial charge on any atom is 0.248 e. The molecule has 2 rings (SSSR count). The minimum absolute atomic E-state index is 0.143. The Morgan fingerprint density at radius 1 is 1.10 bits per heavy atom. The molecular formula is C17H17NO2. The molecule has 0 aliphatic carbocycles. The number of methoxy groups -OCH3 is 1. The van der Waals surface area contributed by atoms with Crippen LogP contribution >= 0.6 is 0 Å². The number of nitrogens with one attached hydrogen (secondary N) is 1. The molecule has 0 aliphatic heterocycles. The Morgan fingerprint density at radius 3 is 2.45 bits per heavy atom. The van der Waals surface area contributed by atoms with Crippen molar-refractivity contribution in [3.05, 3.63) is 65.7 Å². The molecule has 20 heavy (non-hydrogen) atoms. The van der Waals surface area contributed by atoms with Crippen LogP contribution in [0.1, 0.15) is 11.1 Å². The zero-order valence-electron chi connectivity index (χ0n) is 11.6. The molecular weight excluding hydrogens is 250 g/mol. The number of hydrogen-bond donors (Lipinski definition) is 1. The molecule has 1 N–H and O–H groups in total. The molecule has 0 aromatic heterocycles. The molecule has 0 saturated heterocycles. The lowest BCUT2D eigenvalue weighted by Crippen LogP contribution is -2.08. The van der Waals surface area contributed by atoms with Crippen molar-refractivity contribution in [2.45, 2.75) is 6.92 Å². The van der Waals surface area contributed by atoms with Crippen LogP contribution < -0.4 is 10.1 Å². The van der Waals surface area contributed by atoms with Gasteiger partial charge in [-0.2, -0.15) is 0 Å². The first-order valence-electron chi connectivity index (χ1n) is 6.38. The molecule has 2 aromatic rings. The predicted molar refractivity (Wildman–Crippen MR) is 81.8 cm³/mol. The summed E-state index contributed by atoms with van der Waals surface area (Å²) in [6.07, 6.45) is 3.29. The minimum atomic E-state index is -0.143. The number of para-hydroxylation sites is 1. The van der Waals surface area contributed by atoms with E-state index in [0.717, 1.165) is 22.6 Å². The van der Waals surface area contributed by atoms with Gasteiger partial charge in [-0.3, -0.25) is 4.79 Å². The van der Waals surface area contributed by atoms with E-state index >= 15 is 0 Å². The van der Waals surface area contributed by atoms with Crippen molar-refractivity contribution in [2.24, 2.45) is 0 Å². The van der Waals surface area contributed by atoms with Crippen molar-refractivity contribution in [3.63, 3.8) is 0 Å². The Kier molecular flexibility index (Phi) is 4.56. The summed E-state index contributed by atoms with van der Waals surface area (Å²) in [5.74, 6) is 0.654. The fourth-order valence-corrected chi connectivity index (χ4v) is 1.77. The van der Waals surface area contributed by atoms with E-state index in [2.05, 4.69) is 5.32 Å². The lowest BCUT2D eigenvalue weighted by Gasteiger charge is -2.05. The average molecular weight is 267 g/mol. The number of rotatable bonds is 4. The van der Waals surface area contributed by atoms with Crippen molar-refractivity contribution in [1.29, 1.82) is 0 Å². The van der Waals surface area contributed by atoms with Gasteiger partial charge < -0.3 is 10.1 Å². The zero-order chi connectivity index (χ0) is 14.4. The van der Waals surface area contributed by atoms with Gasteiger partial charge in [0.15, 0.2) is 0 Å². The van der Waals surface area contributed by atoms with Gasteiger partial charge in [-0.05, 0) is 42.3 Å². The van der Waals surface area contributed by atoms with Gasteiger partial charge in [0.1, 0.15) is 5.75 Å². The fourth-order valence-electron chi connectivity index (χ4n) is 1.77. The molecule has 0 aliphatic rings. The van der Waals surface area contributed by atoms with Crippen molar-refractivity contribution in [3.8, 4) is 5.75 Å². The Labute approximate surface area is 118 Å². The number of carbonyl (C=O) groups is 1. The van der Waals surface area contributed by atoms with Crippen molar-refractivity contribution < 1.29 is 9.53 Å². The number of carbonyl (C=O) groups excluding carboxylic acids is 1. The number of amides is 1. The first-order valence-corrected chi connectivity index (χ1v) is 6.38. The monoisotopic (exact) mass is 267 g/mol. The summed E-state index contributed by atoms with van der Waals surface area (Å²) >= 11 is 0. The predicted octanol–water partition coefficient (Wildman–Crippen LogP) is 3.66. The van der Waals surface area contributed by atoms with Crippen LogP contribution in [0.3, 0.4) is 0 Å². The van der Waals surface area contributed by atoms with E-state index in [9.17, 15) is 4.79 Å². The van der Waals surface area contributed by atoms with Crippen molar-refractivity contribution in [2.75, 3.05) is 12.4 Å². The summed E-state index contributed by atoms with van der Waals surface area (Å²) in [6, 6.07) is 15.2. The van der Waals surface area contributed by atoms with E-state index in [0.29, 0.717) is 0 Å². The Bertz CT molecular complexity index is 615. The number of benzene rings is 2. The summed E-state index contributed by atoms with van der Waals surface area (Å²) in [6.45, 7) is 1.96. The lowest BCUT2D eigenvalue weighted by molar-refractivity contribution is -0.111. The van der Waals surface area contributed by atoms with E-state index in [-0.39, 0.29) is 5.91 Å². The van der Waals surface area contributed by atoms with E-state index in [4.69, 9.17) is 4.74 Å². The highest BCUT2D eigenvalue weighted by atomic mass is 16.5. The molecule has 0 heterocycles. The standard InChI is InChI=1S/C17H17NO2/c1-13-5-3-4-6-16(13)18-17(19)12-9-14-7-10-15(20-2)11-8-14/h3-12H,1-2H3,(H,18,19). The van der Waals surface area contributed by atoms with Gasteiger partial charge >= 0.3 is 0 Å². The molecule has 3 nitrogen and oxygen atoms in total. The molecule has 102 valence electrons. The number of anilines is 1. The topological polar surface area (TPSA) is 38.3 Å². The van der Waals surface area contributed by atoms with Crippen LogP contribution in [0.4, 0.5) is 5.69 Å². The third-order valence-corrected chi connectivity index (χ3v) is 2.95. The van der Waals surface area contributed by atoms with Gasteiger partial charge in [-0.15, -0.1) is 0 Å². The summed E-state index contributed by atoms with van der Waals surface area (Å²) in [5, 5.41) is 2.85. The SMILES string of the molecule is COc1ccc(C=CC(=O)Nc2ccccc2C)cc1. The second-order valence-electron chi connectivity index (χ2n) is 4.41. The van der Waals surface area contributed by atoms with Crippen molar-refractivity contribution in [1.82, 2.24) is 0 Å². The van der Waals surface area contributed by atoms with E-state index in [1.807, 2.05) is 55.5 Å². The largest absolute Gasteiger partial charge is 0.497 e. The molecule has 0 unspecified atom stereocenters. The van der Waals surface area contributed by atoms with E-state index < -0.39 is 0 Å². The normalized spacial score (nSPS) is 10.5. The molecule has 0 saturated carbocycles. The summed E-state index contributed by atoms with van der Waals surface area (Å²) in [4.78, 5) is 11.8. The molecule has 0 fully saturated rings. The van der Waals surface area contributed by atoms with Crippen LogP contribution in [0.25, 0.3) is 6.08 Å². The summed E-state index contributed by atoms with van der Waals surface area (Å²) in [7, 11) is 1.63. The van der Waals surface area contributed by atoms with Crippen LogP contribution in [0, 0.1) is 6.92 Å². The van der Waals surface area contributed by atoms with Gasteiger partial charge in [0.25, 0.3) is 0 Å². The lowest BCUT2D eigenvalue weighted by atomic mass is 10.2. The Morgan fingerprint density at radius 2 is 1.80 bits per heavy atom. The van der Waals surface area contributed by atoms with Crippen LogP contribution in [0.2, 0.25) is 0 Å². The van der Waals surface area contributed by atoms with Crippen LogP contribution in [0.5, 0.6) is 5.75 Å². The molecule has 0 bridgehead atoms. The minimum Gasteiger partial charge on any atom is -0.497 e. The third-order valence-electron chi connectivity index (χ3n) is 2.95.